The molecule has 0 aromatic heterocycles. The Balaban J connectivity index is 1.97. The van der Waals surface area contributed by atoms with E-state index in [0.29, 0.717) is 11.5 Å². The predicted octanol–water partition coefficient (Wildman–Crippen LogP) is 6.16. The molecule has 2 aliphatic rings. The Bertz CT molecular complexity index is 298. The molecule has 0 aromatic carbocycles. The van der Waals surface area contributed by atoms with Crippen molar-refractivity contribution in [3.8, 4) is 0 Å². The lowest BCUT2D eigenvalue weighted by molar-refractivity contribution is 0.00930. The first-order valence-corrected chi connectivity index (χ1v) is 10.3. The first-order chi connectivity index (χ1) is 10.5. The third-order valence-corrected chi connectivity index (χ3v) is 7.89. The second-order valence-corrected chi connectivity index (χ2v) is 8.66. The van der Waals surface area contributed by atoms with Crippen molar-refractivity contribution in [2.75, 3.05) is 0 Å². The van der Waals surface area contributed by atoms with Crippen molar-refractivity contribution in [1.29, 1.82) is 0 Å². The van der Waals surface area contributed by atoms with Gasteiger partial charge in [0, 0.05) is 6.04 Å². The first-order valence-electron chi connectivity index (χ1n) is 10.3. The van der Waals surface area contributed by atoms with Crippen molar-refractivity contribution in [1.82, 2.24) is 0 Å². The number of hydrogen-bond donors (Lipinski definition) is 1. The molecular weight excluding hydrogens is 266 g/mol. The Morgan fingerprint density at radius 3 is 1.73 bits per heavy atom. The molecule has 2 rings (SSSR count). The van der Waals surface area contributed by atoms with Gasteiger partial charge in [-0.3, -0.25) is 0 Å². The lowest BCUT2D eigenvalue weighted by Crippen LogP contribution is -2.45. The summed E-state index contributed by atoms with van der Waals surface area (Å²) in [5.41, 5.74) is 7.33. The molecule has 3 unspecified atom stereocenters. The van der Waals surface area contributed by atoms with E-state index in [2.05, 4.69) is 27.7 Å². The van der Waals surface area contributed by atoms with Gasteiger partial charge in [-0.15, -0.1) is 0 Å². The molecule has 0 aromatic rings. The Labute approximate surface area is 139 Å². The van der Waals surface area contributed by atoms with Crippen LogP contribution in [-0.4, -0.2) is 6.04 Å². The third-order valence-electron chi connectivity index (χ3n) is 7.89. The zero-order chi connectivity index (χ0) is 16.2. The molecule has 2 N–H and O–H groups in total. The summed E-state index contributed by atoms with van der Waals surface area (Å²) >= 11 is 0. The van der Waals surface area contributed by atoms with Gasteiger partial charge >= 0.3 is 0 Å². The van der Waals surface area contributed by atoms with Crippen molar-refractivity contribution >= 4 is 0 Å². The molecule has 2 fully saturated rings. The SMILES string of the molecule is CCC(C)C1(C(C)CC)CCC(C(N)C2CCCCC2)CC1. The molecule has 0 amide bonds. The fourth-order valence-electron chi connectivity index (χ4n) is 5.75. The third kappa shape index (κ3) is 3.71. The highest BCUT2D eigenvalue weighted by atomic mass is 14.7. The van der Waals surface area contributed by atoms with Crippen LogP contribution in [0.1, 0.15) is 98.3 Å². The molecule has 0 bridgehead atoms. The quantitative estimate of drug-likeness (QED) is 0.624. The molecule has 0 radical (unpaired) electrons. The van der Waals surface area contributed by atoms with Crippen LogP contribution in [0.15, 0.2) is 0 Å². The summed E-state index contributed by atoms with van der Waals surface area (Å²) in [5, 5.41) is 0. The molecule has 0 saturated heterocycles. The van der Waals surface area contributed by atoms with Crippen LogP contribution < -0.4 is 5.73 Å². The highest BCUT2D eigenvalue weighted by molar-refractivity contribution is 4.95. The zero-order valence-electron chi connectivity index (χ0n) is 15.7. The summed E-state index contributed by atoms with van der Waals surface area (Å²) in [5.74, 6) is 3.38. The van der Waals surface area contributed by atoms with Crippen LogP contribution in [-0.2, 0) is 0 Å². The molecule has 2 saturated carbocycles. The Hall–Kier alpha value is -0.0400. The smallest absolute Gasteiger partial charge is 0.00956 e. The Morgan fingerprint density at radius 1 is 0.818 bits per heavy atom. The van der Waals surface area contributed by atoms with Gasteiger partial charge in [0.15, 0.2) is 0 Å². The van der Waals surface area contributed by atoms with Crippen LogP contribution in [0.3, 0.4) is 0 Å². The molecule has 1 heteroatoms. The molecule has 22 heavy (non-hydrogen) atoms. The topological polar surface area (TPSA) is 26.0 Å². The number of rotatable bonds is 6. The lowest BCUT2D eigenvalue weighted by atomic mass is 9.56. The summed E-state index contributed by atoms with van der Waals surface area (Å²) in [7, 11) is 0. The minimum atomic E-state index is 0.493. The maximum Gasteiger partial charge on any atom is 0.00956 e. The highest BCUT2D eigenvalue weighted by Crippen LogP contribution is 2.52. The van der Waals surface area contributed by atoms with Crippen LogP contribution in [0.2, 0.25) is 0 Å². The average Bonchev–Trinajstić information content (AvgIpc) is 2.60. The van der Waals surface area contributed by atoms with Crippen LogP contribution in [0.5, 0.6) is 0 Å². The molecule has 0 heterocycles. The van der Waals surface area contributed by atoms with Gasteiger partial charge < -0.3 is 5.73 Å². The number of hydrogen-bond acceptors (Lipinski definition) is 1. The maximum atomic E-state index is 6.73. The van der Waals surface area contributed by atoms with Crippen molar-refractivity contribution in [2.45, 2.75) is 104 Å². The van der Waals surface area contributed by atoms with Crippen LogP contribution in [0.4, 0.5) is 0 Å². The monoisotopic (exact) mass is 307 g/mol. The summed E-state index contributed by atoms with van der Waals surface area (Å²) < 4.78 is 0. The van der Waals surface area contributed by atoms with Crippen LogP contribution in [0.25, 0.3) is 0 Å². The standard InChI is InChI=1S/C21H41N/c1-5-16(3)21(17(4)6-2)14-12-19(13-15-21)20(22)18-10-8-7-9-11-18/h16-20H,5-15,22H2,1-4H3. The summed E-state index contributed by atoms with van der Waals surface area (Å²) in [4.78, 5) is 0. The van der Waals surface area contributed by atoms with Crippen molar-refractivity contribution in [2.24, 2.45) is 34.8 Å². The van der Waals surface area contributed by atoms with Gasteiger partial charge in [-0.1, -0.05) is 59.8 Å². The fourth-order valence-corrected chi connectivity index (χ4v) is 5.75. The average molecular weight is 308 g/mol. The van der Waals surface area contributed by atoms with Gasteiger partial charge in [-0.2, -0.15) is 0 Å². The predicted molar refractivity (Wildman–Crippen MR) is 97.9 cm³/mol. The maximum absolute atomic E-state index is 6.73. The highest BCUT2D eigenvalue weighted by Gasteiger charge is 2.43. The molecule has 0 spiro atoms. The minimum Gasteiger partial charge on any atom is -0.327 e. The largest absolute Gasteiger partial charge is 0.327 e. The van der Waals surface area contributed by atoms with Gasteiger partial charge in [0.25, 0.3) is 0 Å². The van der Waals surface area contributed by atoms with E-state index in [1.807, 2.05) is 0 Å². The molecule has 1 nitrogen and oxygen atoms in total. The summed E-state index contributed by atoms with van der Waals surface area (Å²) in [6.45, 7) is 9.78. The Morgan fingerprint density at radius 2 is 1.27 bits per heavy atom. The van der Waals surface area contributed by atoms with Crippen molar-refractivity contribution in [3.63, 3.8) is 0 Å². The van der Waals surface area contributed by atoms with E-state index in [9.17, 15) is 0 Å². The van der Waals surface area contributed by atoms with Gasteiger partial charge in [0.2, 0.25) is 0 Å². The van der Waals surface area contributed by atoms with Crippen LogP contribution >= 0.6 is 0 Å². The lowest BCUT2D eigenvalue weighted by Gasteiger charge is -2.50. The number of nitrogens with two attached hydrogens (primary N) is 1. The van der Waals surface area contributed by atoms with Crippen molar-refractivity contribution in [3.05, 3.63) is 0 Å². The summed E-state index contributed by atoms with van der Waals surface area (Å²) in [6, 6.07) is 0.493. The molecule has 2 aliphatic carbocycles. The molecule has 3 atom stereocenters. The first kappa shape index (κ1) is 18.3. The molecule has 0 aliphatic heterocycles. The summed E-state index contributed by atoms with van der Waals surface area (Å²) in [6.07, 6.45) is 15.4. The van der Waals surface area contributed by atoms with Crippen LogP contribution in [0, 0.1) is 29.1 Å². The normalized spacial score (nSPS) is 35.0. The van der Waals surface area contributed by atoms with E-state index in [4.69, 9.17) is 5.73 Å². The molecular formula is C21H41N. The second kappa shape index (κ2) is 8.18. The van der Waals surface area contributed by atoms with Gasteiger partial charge in [0.1, 0.15) is 0 Å². The zero-order valence-corrected chi connectivity index (χ0v) is 15.7. The van der Waals surface area contributed by atoms with Gasteiger partial charge in [-0.05, 0) is 67.6 Å². The second-order valence-electron chi connectivity index (χ2n) is 8.66. The fraction of sp³-hybridized carbons (Fsp3) is 1.00. The van der Waals surface area contributed by atoms with E-state index < -0.39 is 0 Å². The Kier molecular flexibility index (Phi) is 6.80. The van der Waals surface area contributed by atoms with E-state index in [-0.39, 0.29) is 0 Å². The molecule has 130 valence electrons. The van der Waals surface area contributed by atoms with E-state index >= 15 is 0 Å². The van der Waals surface area contributed by atoms with E-state index in [1.165, 1.54) is 70.6 Å². The van der Waals surface area contributed by atoms with E-state index in [1.54, 1.807) is 0 Å². The van der Waals surface area contributed by atoms with Gasteiger partial charge in [0.05, 0.1) is 0 Å². The van der Waals surface area contributed by atoms with Gasteiger partial charge in [-0.25, -0.2) is 0 Å². The minimum absolute atomic E-state index is 0.493. The van der Waals surface area contributed by atoms with E-state index in [0.717, 1.165) is 23.7 Å². The van der Waals surface area contributed by atoms with Crippen molar-refractivity contribution < 1.29 is 0 Å².